The highest BCUT2D eigenvalue weighted by atomic mass is 35.5. The molecule has 2 aromatic heterocycles. The summed E-state index contributed by atoms with van der Waals surface area (Å²) in [6, 6.07) is 11.9. The van der Waals surface area contributed by atoms with Crippen LogP contribution in [0.25, 0.3) is 11.0 Å². The number of imidazole rings is 1. The van der Waals surface area contributed by atoms with Gasteiger partial charge in [-0.15, -0.1) is 0 Å². The lowest BCUT2D eigenvalue weighted by atomic mass is 10.3. The van der Waals surface area contributed by atoms with Crippen LogP contribution in [0, 0.1) is 0 Å². The van der Waals surface area contributed by atoms with Crippen LogP contribution in [0.5, 0.6) is 0 Å². The predicted octanol–water partition coefficient (Wildman–Crippen LogP) is 4.79. The lowest BCUT2D eigenvalue weighted by Crippen LogP contribution is -1.99. The van der Waals surface area contributed by atoms with Gasteiger partial charge >= 0.3 is 0 Å². The van der Waals surface area contributed by atoms with E-state index in [4.69, 9.17) is 16.6 Å². The second-order valence-electron chi connectivity index (χ2n) is 4.79. The molecule has 21 heavy (non-hydrogen) atoms. The molecule has 0 bridgehead atoms. The van der Waals surface area contributed by atoms with Gasteiger partial charge < -0.3 is 4.57 Å². The lowest BCUT2D eigenvalue weighted by Gasteiger charge is -2.07. The molecule has 0 saturated heterocycles. The maximum atomic E-state index is 6.06. The predicted molar refractivity (Wildman–Crippen MR) is 88.8 cm³/mol. The molecule has 0 fully saturated rings. The highest BCUT2D eigenvalue weighted by molar-refractivity contribution is 7.98. The van der Waals surface area contributed by atoms with Gasteiger partial charge in [0, 0.05) is 23.5 Å². The zero-order valence-corrected chi connectivity index (χ0v) is 13.4. The standard InChI is InChI=1S/C16H16ClN3S/c1-2-9-20-15-7-6-12(17)10-14(15)19-16(20)21-11-13-5-3-4-8-18-13/h3-8,10H,2,9,11H2,1H3. The molecule has 0 N–H and O–H groups in total. The van der Waals surface area contributed by atoms with Crippen molar-refractivity contribution in [1.29, 1.82) is 0 Å². The molecule has 0 radical (unpaired) electrons. The van der Waals surface area contributed by atoms with Crippen LogP contribution >= 0.6 is 23.4 Å². The second-order valence-corrected chi connectivity index (χ2v) is 6.17. The minimum Gasteiger partial charge on any atom is -0.319 e. The Morgan fingerprint density at radius 2 is 2.14 bits per heavy atom. The first-order valence-corrected chi connectivity index (χ1v) is 8.33. The van der Waals surface area contributed by atoms with Gasteiger partial charge in [0.1, 0.15) is 0 Å². The van der Waals surface area contributed by atoms with Crippen LogP contribution in [0.2, 0.25) is 5.02 Å². The normalized spacial score (nSPS) is 11.1. The van der Waals surface area contributed by atoms with Crippen LogP contribution in [-0.2, 0) is 12.3 Å². The molecule has 3 rings (SSSR count). The van der Waals surface area contributed by atoms with E-state index in [-0.39, 0.29) is 0 Å². The van der Waals surface area contributed by atoms with Crippen molar-refractivity contribution in [3.63, 3.8) is 0 Å². The Kier molecular flexibility index (Phi) is 4.46. The van der Waals surface area contributed by atoms with Gasteiger partial charge in [-0.05, 0) is 36.8 Å². The number of halogens is 1. The third-order valence-corrected chi connectivity index (χ3v) is 4.44. The number of fused-ring (bicyclic) bond motifs is 1. The molecular weight excluding hydrogens is 302 g/mol. The van der Waals surface area contributed by atoms with Crippen molar-refractivity contribution < 1.29 is 0 Å². The molecule has 0 saturated carbocycles. The second kappa shape index (κ2) is 6.50. The summed E-state index contributed by atoms with van der Waals surface area (Å²) in [5.74, 6) is 0.821. The molecule has 0 aliphatic heterocycles. The van der Waals surface area contributed by atoms with E-state index in [1.54, 1.807) is 11.8 Å². The van der Waals surface area contributed by atoms with Crippen LogP contribution in [-0.4, -0.2) is 14.5 Å². The zero-order chi connectivity index (χ0) is 14.7. The first-order valence-electron chi connectivity index (χ1n) is 6.96. The van der Waals surface area contributed by atoms with E-state index in [2.05, 4.69) is 16.5 Å². The molecule has 0 aliphatic rings. The van der Waals surface area contributed by atoms with Crippen LogP contribution in [0.3, 0.4) is 0 Å². The Labute approximate surface area is 133 Å². The fraction of sp³-hybridized carbons (Fsp3) is 0.250. The molecule has 0 spiro atoms. The average molecular weight is 318 g/mol. The number of benzene rings is 1. The summed E-state index contributed by atoms with van der Waals surface area (Å²) in [4.78, 5) is 9.08. The summed E-state index contributed by atoms with van der Waals surface area (Å²) in [5.41, 5.74) is 3.17. The van der Waals surface area contributed by atoms with E-state index in [1.807, 2.05) is 42.6 Å². The Hall–Kier alpha value is -1.52. The number of rotatable bonds is 5. The van der Waals surface area contributed by atoms with Crippen molar-refractivity contribution in [3.8, 4) is 0 Å². The van der Waals surface area contributed by atoms with Crippen molar-refractivity contribution in [3.05, 3.63) is 53.3 Å². The van der Waals surface area contributed by atoms with Crippen LogP contribution in [0.1, 0.15) is 19.0 Å². The number of nitrogens with zero attached hydrogens (tertiary/aromatic N) is 3. The summed E-state index contributed by atoms with van der Waals surface area (Å²) in [7, 11) is 0. The van der Waals surface area contributed by atoms with Crippen molar-refractivity contribution in [2.45, 2.75) is 30.8 Å². The molecule has 0 amide bonds. The molecule has 2 heterocycles. The zero-order valence-electron chi connectivity index (χ0n) is 11.8. The summed E-state index contributed by atoms with van der Waals surface area (Å²) in [5, 5.41) is 1.75. The van der Waals surface area contributed by atoms with Gasteiger partial charge in [-0.1, -0.05) is 36.4 Å². The number of aryl methyl sites for hydroxylation is 1. The first-order chi connectivity index (χ1) is 10.3. The summed E-state index contributed by atoms with van der Waals surface area (Å²) >= 11 is 7.78. The van der Waals surface area contributed by atoms with Crippen molar-refractivity contribution in [2.24, 2.45) is 0 Å². The SMILES string of the molecule is CCCn1c(SCc2ccccn2)nc2cc(Cl)ccc21. The van der Waals surface area contributed by atoms with Crippen LogP contribution in [0.4, 0.5) is 0 Å². The number of aromatic nitrogens is 3. The maximum absolute atomic E-state index is 6.06. The van der Waals surface area contributed by atoms with Gasteiger partial charge in [-0.25, -0.2) is 4.98 Å². The van der Waals surface area contributed by atoms with Crippen LogP contribution in [0.15, 0.2) is 47.8 Å². The van der Waals surface area contributed by atoms with Gasteiger partial charge in [-0.3, -0.25) is 4.98 Å². The monoisotopic (exact) mass is 317 g/mol. The van der Waals surface area contributed by atoms with E-state index < -0.39 is 0 Å². The van der Waals surface area contributed by atoms with Gasteiger partial charge in [0.25, 0.3) is 0 Å². The highest BCUT2D eigenvalue weighted by Gasteiger charge is 2.11. The van der Waals surface area contributed by atoms with E-state index >= 15 is 0 Å². The largest absolute Gasteiger partial charge is 0.319 e. The number of thioether (sulfide) groups is 1. The molecule has 0 atom stereocenters. The third kappa shape index (κ3) is 3.22. The van der Waals surface area contributed by atoms with Crippen LogP contribution < -0.4 is 0 Å². The number of hydrogen-bond acceptors (Lipinski definition) is 3. The Morgan fingerprint density at radius 3 is 2.90 bits per heavy atom. The quantitative estimate of drug-likeness (QED) is 0.634. The van der Waals surface area contributed by atoms with E-state index in [0.717, 1.165) is 45.6 Å². The first kappa shape index (κ1) is 14.4. The summed E-state index contributed by atoms with van der Waals surface area (Å²) in [6.07, 6.45) is 2.90. The number of pyridine rings is 1. The fourth-order valence-electron chi connectivity index (χ4n) is 2.25. The smallest absolute Gasteiger partial charge is 0.169 e. The van der Waals surface area contributed by atoms with Gasteiger partial charge in [0.05, 0.1) is 16.7 Å². The molecule has 108 valence electrons. The minimum absolute atomic E-state index is 0.727. The molecule has 3 nitrogen and oxygen atoms in total. The Bertz CT molecular complexity index is 740. The van der Waals surface area contributed by atoms with E-state index in [0.29, 0.717) is 0 Å². The van der Waals surface area contributed by atoms with Crippen molar-refractivity contribution in [2.75, 3.05) is 0 Å². The average Bonchev–Trinajstić information content (AvgIpc) is 2.84. The summed E-state index contributed by atoms with van der Waals surface area (Å²) in [6.45, 7) is 3.14. The molecule has 0 unspecified atom stereocenters. The van der Waals surface area contributed by atoms with Gasteiger partial charge in [0.15, 0.2) is 5.16 Å². The van der Waals surface area contributed by atoms with Crippen molar-refractivity contribution >= 4 is 34.4 Å². The molecule has 1 aromatic carbocycles. The lowest BCUT2D eigenvalue weighted by molar-refractivity contribution is 0.638. The fourth-order valence-corrected chi connectivity index (χ4v) is 3.38. The molecule has 5 heteroatoms. The molecule has 3 aromatic rings. The Morgan fingerprint density at radius 1 is 1.24 bits per heavy atom. The molecular formula is C16H16ClN3S. The Balaban J connectivity index is 1.91. The van der Waals surface area contributed by atoms with Gasteiger partial charge in [0.2, 0.25) is 0 Å². The molecule has 0 aliphatic carbocycles. The summed E-state index contributed by atoms with van der Waals surface area (Å²) < 4.78 is 2.26. The van der Waals surface area contributed by atoms with E-state index in [1.165, 1.54) is 0 Å². The number of hydrogen-bond donors (Lipinski definition) is 0. The third-order valence-electron chi connectivity index (χ3n) is 3.20. The van der Waals surface area contributed by atoms with Gasteiger partial charge in [-0.2, -0.15) is 0 Å². The highest BCUT2D eigenvalue weighted by Crippen LogP contribution is 2.28. The van der Waals surface area contributed by atoms with Crippen molar-refractivity contribution in [1.82, 2.24) is 14.5 Å². The van der Waals surface area contributed by atoms with E-state index in [9.17, 15) is 0 Å². The minimum atomic E-state index is 0.727. The maximum Gasteiger partial charge on any atom is 0.169 e. The topological polar surface area (TPSA) is 30.7 Å².